The van der Waals surface area contributed by atoms with Gasteiger partial charge in [0.15, 0.2) is 0 Å². The van der Waals surface area contributed by atoms with Crippen LogP contribution in [0.2, 0.25) is 0 Å². The van der Waals surface area contributed by atoms with Crippen LogP contribution < -0.4 is 0 Å². The molecule has 1 heterocycles. The molecule has 0 saturated carbocycles. The normalized spacial score (nSPS) is 17.1. The van der Waals surface area contributed by atoms with Crippen molar-refractivity contribution in [2.45, 2.75) is 51.8 Å². The molecule has 0 aliphatic rings. The van der Waals surface area contributed by atoms with E-state index in [4.69, 9.17) is 0 Å². The topological polar surface area (TPSA) is 41.3 Å². The van der Waals surface area contributed by atoms with Crippen LogP contribution in [0.5, 0.6) is 0 Å². The highest BCUT2D eigenvalue weighted by Crippen LogP contribution is 2.32. The quantitative estimate of drug-likeness (QED) is 0.826. The van der Waals surface area contributed by atoms with E-state index in [0.29, 0.717) is 0 Å². The van der Waals surface area contributed by atoms with E-state index in [1.807, 2.05) is 25.0 Å². The molecular weight excluding hydrogens is 214 g/mol. The van der Waals surface area contributed by atoms with Crippen molar-refractivity contribution < 1.29 is 5.11 Å². The maximum atomic E-state index is 10.5. The zero-order valence-corrected chi connectivity index (χ0v) is 11.6. The molecule has 0 aliphatic carbocycles. The molecule has 98 valence electrons. The molecule has 4 heteroatoms. The Morgan fingerprint density at radius 2 is 2.12 bits per heavy atom. The summed E-state index contributed by atoms with van der Waals surface area (Å²) in [6, 6.07) is 0. The Morgan fingerprint density at radius 3 is 2.59 bits per heavy atom. The summed E-state index contributed by atoms with van der Waals surface area (Å²) in [7, 11) is 4.01. The van der Waals surface area contributed by atoms with Crippen molar-refractivity contribution in [3.63, 3.8) is 0 Å². The number of rotatable bonds is 6. The van der Waals surface area contributed by atoms with Crippen LogP contribution in [0, 0.1) is 0 Å². The zero-order valence-electron chi connectivity index (χ0n) is 11.6. The van der Waals surface area contributed by atoms with Crippen LogP contribution in [-0.4, -0.2) is 39.4 Å². The summed E-state index contributed by atoms with van der Waals surface area (Å²) in [5, 5.41) is 14.8. The molecule has 4 nitrogen and oxygen atoms in total. The van der Waals surface area contributed by atoms with E-state index in [1.54, 1.807) is 6.20 Å². The molecule has 0 amide bonds. The first-order valence-electron chi connectivity index (χ1n) is 6.33. The van der Waals surface area contributed by atoms with Crippen LogP contribution in [0.1, 0.15) is 45.3 Å². The van der Waals surface area contributed by atoms with Crippen molar-refractivity contribution in [1.82, 2.24) is 14.7 Å². The smallest absolute Gasteiger partial charge is 0.100 e. The molecule has 0 fully saturated rings. The van der Waals surface area contributed by atoms with Crippen molar-refractivity contribution in [3.05, 3.63) is 18.0 Å². The third-order valence-corrected chi connectivity index (χ3v) is 3.75. The number of likely N-dealkylation sites (N-methyl/N-ethyl adjacent to an activating group) is 1. The minimum atomic E-state index is -0.506. The van der Waals surface area contributed by atoms with Crippen LogP contribution in [0.4, 0.5) is 0 Å². The summed E-state index contributed by atoms with van der Waals surface area (Å²) in [5.41, 5.74) is 0.650. The van der Waals surface area contributed by atoms with Gasteiger partial charge < -0.3 is 10.0 Å². The molecule has 1 aromatic heterocycles. The Balaban J connectivity index is 2.90. The molecule has 0 aliphatic heterocycles. The van der Waals surface area contributed by atoms with E-state index < -0.39 is 6.10 Å². The molecule has 2 unspecified atom stereocenters. The lowest BCUT2D eigenvalue weighted by Gasteiger charge is -2.39. The summed E-state index contributed by atoms with van der Waals surface area (Å²) in [6.45, 7) is 7.19. The summed E-state index contributed by atoms with van der Waals surface area (Å²) in [5.74, 6) is 0. The molecule has 17 heavy (non-hydrogen) atoms. The third kappa shape index (κ3) is 2.87. The zero-order chi connectivity index (χ0) is 13.1. The summed E-state index contributed by atoms with van der Waals surface area (Å²) >= 11 is 0. The van der Waals surface area contributed by atoms with Gasteiger partial charge in [0.2, 0.25) is 0 Å². The fourth-order valence-electron chi connectivity index (χ4n) is 1.99. The molecule has 0 radical (unpaired) electrons. The Morgan fingerprint density at radius 1 is 1.47 bits per heavy atom. The first-order valence-corrected chi connectivity index (χ1v) is 6.33. The van der Waals surface area contributed by atoms with Crippen LogP contribution in [0.25, 0.3) is 0 Å². The maximum Gasteiger partial charge on any atom is 0.100 e. The number of nitrogens with zero attached hydrogens (tertiary/aromatic N) is 3. The molecule has 0 spiro atoms. The van der Waals surface area contributed by atoms with Crippen LogP contribution in [-0.2, 0) is 6.54 Å². The monoisotopic (exact) mass is 239 g/mol. The van der Waals surface area contributed by atoms with Gasteiger partial charge in [0.05, 0.1) is 6.20 Å². The lowest BCUT2D eigenvalue weighted by molar-refractivity contribution is 0.000813. The van der Waals surface area contributed by atoms with Crippen molar-refractivity contribution in [2.75, 3.05) is 14.1 Å². The van der Waals surface area contributed by atoms with Crippen molar-refractivity contribution in [3.8, 4) is 0 Å². The van der Waals surface area contributed by atoms with E-state index in [2.05, 4.69) is 30.8 Å². The molecule has 1 aromatic rings. The SMILES string of the molecule is CCCn1cc(C(O)C(C)(CC)N(C)C)cn1. The van der Waals surface area contributed by atoms with E-state index in [1.165, 1.54) is 0 Å². The molecule has 0 saturated heterocycles. The number of aryl methyl sites for hydroxylation is 1. The third-order valence-electron chi connectivity index (χ3n) is 3.75. The van der Waals surface area contributed by atoms with Gasteiger partial charge in [-0.3, -0.25) is 4.68 Å². The van der Waals surface area contributed by atoms with Crippen molar-refractivity contribution in [2.24, 2.45) is 0 Å². The minimum Gasteiger partial charge on any atom is -0.386 e. The summed E-state index contributed by atoms with van der Waals surface area (Å²) in [4.78, 5) is 2.08. The van der Waals surface area contributed by atoms with Gasteiger partial charge >= 0.3 is 0 Å². The fourth-order valence-corrected chi connectivity index (χ4v) is 1.99. The minimum absolute atomic E-state index is 0.250. The van der Waals surface area contributed by atoms with Crippen molar-refractivity contribution in [1.29, 1.82) is 0 Å². The van der Waals surface area contributed by atoms with Gasteiger partial charge in [-0.1, -0.05) is 13.8 Å². The van der Waals surface area contributed by atoms with E-state index >= 15 is 0 Å². The van der Waals surface area contributed by atoms with Gasteiger partial charge in [-0.15, -0.1) is 0 Å². The van der Waals surface area contributed by atoms with Crippen LogP contribution >= 0.6 is 0 Å². The van der Waals surface area contributed by atoms with Gasteiger partial charge in [0.25, 0.3) is 0 Å². The highest BCUT2D eigenvalue weighted by Gasteiger charge is 2.35. The van der Waals surface area contributed by atoms with Gasteiger partial charge in [0, 0.05) is 23.8 Å². The predicted octanol–water partition coefficient (Wildman–Crippen LogP) is 2.06. The molecule has 1 N–H and O–H groups in total. The van der Waals surface area contributed by atoms with Crippen molar-refractivity contribution >= 4 is 0 Å². The van der Waals surface area contributed by atoms with Crippen LogP contribution in [0.3, 0.4) is 0 Å². The highest BCUT2D eigenvalue weighted by molar-refractivity contribution is 5.14. The molecule has 0 bridgehead atoms. The fraction of sp³-hybridized carbons (Fsp3) is 0.769. The first-order chi connectivity index (χ1) is 7.95. The Hall–Kier alpha value is -0.870. The predicted molar refractivity (Wildman–Crippen MR) is 69.9 cm³/mol. The lowest BCUT2D eigenvalue weighted by Crippen LogP contribution is -2.46. The van der Waals surface area contributed by atoms with E-state index in [0.717, 1.165) is 24.9 Å². The van der Waals surface area contributed by atoms with Gasteiger partial charge in [0.1, 0.15) is 6.10 Å². The molecule has 1 rings (SSSR count). The second-order valence-electron chi connectivity index (χ2n) is 5.04. The Bertz CT molecular complexity index is 348. The standard InChI is InChI=1S/C13H25N3O/c1-6-8-16-10-11(9-14-16)12(17)13(3,7-2)15(4)5/h9-10,12,17H,6-8H2,1-5H3. The first kappa shape index (κ1) is 14.2. The second kappa shape index (κ2) is 5.65. The number of hydrogen-bond acceptors (Lipinski definition) is 3. The lowest BCUT2D eigenvalue weighted by atomic mass is 9.87. The summed E-state index contributed by atoms with van der Waals surface area (Å²) < 4.78 is 1.89. The average molecular weight is 239 g/mol. The maximum absolute atomic E-state index is 10.5. The molecule has 0 aromatic carbocycles. The van der Waals surface area contributed by atoms with Gasteiger partial charge in [-0.25, -0.2) is 0 Å². The van der Waals surface area contributed by atoms with Crippen LogP contribution in [0.15, 0.2) is 12.4 Å². The summed E-state index contributed by atoms with van der Waals surface area (Å²) in [6.07, 6.45) is 5.16. The highest BCUT2D eigenvalue weighted by atomic mass is 16.3. The molecular formula is C13H25N3O. The van der Waals surface area contributed by atoms with Gasteiger partial charge in [-0.05, 0) is 33.9 Å². The van der Waals surface area contributed by atoms with Gasteiger partial charge in [-0.2, -0.15) is 5.10 Å². The number of aromatic nitrogens is 2. The number of aliphatic hydroxyl groups is 1. The second-order valence-corrected chi connectivity index (χ2v) is 5.04. The Kier molecular flexibility index (Phi) is 4.71. The van der Waals surface area contributed by atoms with E-state index in [-0.39, 0.29) is 5.54 Å². The van der Waals surface area contributed by atoms with E-state index in [9.17, 15) is 5.11 Å². The number of hydrogen-bond donors (Lipinski definition) is 1. The largest absolute Gasteiger partial charge is 0.386 e. The number of aliphatic hydroxyl groups excluding tert-OH is 1. The molecule has 2 atom stereocenters. The Labute approximate surface area is 104 Å². The average Bonchev–Trinajstić information content (AvgIpc) is 2.75.